The van der Waals surface area contributed by atoms with Crippen LogP contribution in [0.25, 0.3) is 0 Å². The van der Waals surface area contributed by atoms with Crippen molar-refractivity contribution in [3.63, 3.8) is 0 Å². The molecule has 1 saturated heterocycles. The highest BCUT2D eigenvalue weighted by Crippen LogP contribution is 2.23. The zero-order chi connectivity index (χ0) is 13.1. The Kier molecular flexibility index (Phi) is 4.01. The lowest BCUT2D eigenvalue weighted by molar-refractivity contribution is 0.602. The highest BCUT2D eigenvalue weighted by Gasteiger charge is 2.22. The first-order valence-electron chi connectivity index (χ1n) is 6.61. The van der Waals surface area contributed by atoms with E-state index in [1.807, 2.05) is 0 Å². The molecule has 1 aromatic rings. The van der Waals surface area contributed by atoms with Crippen molar-refractivity contribution < 1.29 is 0 Å². The van der Waals surface area contributed by atoms with Crippen molar-refractivity contribution in [2.75, 3.05) is 36.5 Å². The Morgan fingerprint density at radius 2 is 2.28 bits per heavy atom. The highest BCUT2D eigenvalue weighted by molar-refractivity contribution is 5.50. The molecule has 2 rings (SSSR count). The van der Waals surface area contributed by atoms with Gasteiger partial charge < -0.3 is 15.5 Å². The number of nitrogens with zero attached hydrogens (tertiary/aromatic N) is 4. The molecule has 18 heavy (non-hydrogen) atoms. The number of hydrogen-bond donors (Lipinski definition) is 1. The van der Waals surface area contributed by atoms with Crippen LogP contribution >= 0.6 is 0 Å². The summed E-state index contributed by atoms with van der Waals surface area (Å²) in [5.41, 5.74) is 5.72. The summed E-state index contributed by atoms with van der Waals surface area (Å²) in [6.45, 7) is 7.13. The van der Waals surface area contributed by atoms with Crippen LogP contribution in [0.4, 0.5) is 11.6 Å². The molecule has 0 spiro atoms. The minimum absolute atomic E-state index is 0.433. The molecule has 5 nitrogen and oxygen atoms in total. The molecule has 0 bridgehead atoms. The van der Waals surface area contributed by atoms with E-state index >= 15 is 0 Å². The average molecular weight is 249 g/mol. The molecule has 1 aliphatic rings. The van der Waals surface area contributed by atoms with Gasteiger partial charge in [-0.15, -0.1) is 0 Å². The van der Waals surface area contributed by atoms with Crippen molar-refractivity contribution in [1.82, 2.24) is 9.97 Å². The summed E-state index contributed by atoms with van der Waals surface area (Å²) in [4.78, 5) is 13.2. The third-order valence-corrected chi connectivity index (χ3v) is 3.72. The number of hydrogen-bond acceptors (Lipinski definition) is 5. The molecule has 1 aliphatic heterocycles. The SMILES string of the molecule is CC(C)N(C)c1cc(N2CCC(CN)C2)ncn1. The molecule has 0 amide bonds. The molecule has 1 unspecified atom stereocenters. The first-order valence-corrected chi connectivity index (χ1v) is 6.61. The zero-order valence-electron chi connectivity index (χ0n) is 11.5. The van der Waals surface area contributed by atoms with Gasteiger partial charge in [0.25, 0.3) is 0 Å². The molecule has 1 aromatic heterocycles. The predicted octanol–water partition coefficient (Wildman–Crippen LogP) is 1.11. The molecule has 2 heterocycles. The summed E-state index contributed by atoms with van der Waals surface area (Å²) < 4.78 is 0. The normalized spacial score (nSPS) is 19.6. The van der Waals surface area contributed by atoms with E-state index in [4.69, 9.17) is 5.73 Å². The Hall–Kier alpha value is -1.36. The van der Waals surface area contributed by atoms with Gasteiger partial charge in [-0.2, -0.15) is 0 Å². The number of nitrogens with two attached hydrogens (primary N) is 1. The summed E-state index contributed by atoms with van der Waals surface area (Å²) >= 11 is 0. The molecule has 0 aromatic carbocycles. The lowest BCUT2D eigenvalue weighted by Gasteiger charge is -2.24. The van der Waals surface area contributed by atoms with E-state index < -0.39 is 0 Å². The van der Waals surface area contributed by atoms with Gasteiger partial charge in [0.15, 0.2) is 0 Å². The summed E-state index contributed by atoms with van der Waals surface area (Å²) in [5.74, 6) is 2.60. The molecule has 0 radical (unpaired) electrons. The topological polar surface area (TPSA) is 58.3 Å². The van der Waals surface area contributed by atoms with Crippen molar-refractivity contribution in [1.29, 1.82) is 0 Å². The molecule has 1 fully saturated rings. The lowest BCUT2D eigenvalue weighted by atomic mass is 10.1. The molecular weight excluding hydrogens is 226 g/mol. The first kappa shape index (κ1) is 13.1. The number of aromatic nitrogens is 2. The fraction of sp³-hybridized carbons (Fsp3) is 0.692. The number of anilines is 2. The minimum atomic E-state index is 0.433. The smallest absolute Gasteiger partial charge is 0.134 e. The maximum Gasteiger partial charge on any atom is 0.134 e. The predicted molar refractivity (Wildman–Crippen MR) is 74.9 cm³/mol. The second-order valence-electron chi connectivity index (χ2n) is 5.28. The van der Waals surface area contributed by atoms with E-state index in [9.17, 15) is 0 Å². The van der Waals surface area contributed by atoms with Crippen LogP contribution in [0, 0.1) is 5.92 Å². The van der Waals surface area contributed by atoms with Gasteiger partial charge in [0.1, 0.15) is 18.0 Å². The molecule has 100 valence electrons. The molecule has 5 heteroatoms. The van der Waals surface area contributed by atoms with Gasteiger partial charge in [0.2, 0.25) is 0 Å². The van der Waals surface area contributed by atoms with Crippen molar-refractivity contribution in [2.24, 2.45) is 11.7 Å². The third-order valence-electron chi connectivity index (χ3n) is 3.72. The minimum Gasteiger partial charge on any atom is -0.357 e. The Balaban J connectivity index is 2.13. The molecular formula is C13H23N5. The summed E-state index contributed by atoms with van der Waals surface area (Å²) in [5, 5.41) is 0. The molecule has 0 saturated carbocycles. The third kappa shape index (κ3) is 2.72. The van der Waals surface area contributed by atoms with Crippen LogP contribution in [0.1, 0.15) is 20.3 Å². The largest absolute Gasteiger partial charge is 0.357 e. The van der Waals surface area contributed by atoms with Crippen LogP contribution in [-0.4, -0.2) is 42.7 Å². The first-order chi connectivity index (χ1) is 8.61. The van der Waals surface area contributed by atoms with Crippen LogP contribution in [0.15, 0.2) is 12.4 Å². The van der Waals surface area contributed by atoms with Gasteiger partial charge in [0.05, 0.1) is 0 Å². The number of rotatable bonds is 4. The van der Waals surface area contributed by atoms with E-state index in [1.54, 1.807) is 6.33 Å². The van der Waals surface area contributed by atoms with Crippen LogP contribution in [-0.2, 0) is 0 Å². The van der Waals surface area contributed by atoms with E-state index in [0.29, 0.717) is 12.0 Å². The summed E-state index contributed by atoms with van der Waals surface area (Å²) in [6.07, 6.45) is 2.81. The van der Waals surface area contributed by atoms with Gasteiger partial charge in [-0.25, -0.2) is 9.97 Å². The van der Waals surface area contributed by atoms with Gasteiger partial charge >= 0.3 is 0 Å². The summed E-state index contributed by atoms with van der Waals surface area (Å²) in [6, 6.07) is 2.50. The second kappa shape index (κ2) is 5.52. The monoisotopic (exact) mass is 249 g/mol. The maximum absolute atomic E-state index is 5.72. The molecule has 0 aliphatic carbocycles. The van der Waals surface area contributed by atoms with Crippen molar-refractivity contribution in [2.45, 2.75) is 26.3 Å². The second-order valence-corrected chi connectivity index (χ2v) is 5.28. The maximum atomic E-state index is 5.72. The lowest BCUT2D eigenvalue weighted by Crippen LogP contribution is -2.28. The van der Waals surface area contributed by atoms with E-state index in [-0.39, 0.29) is 0 Å². The van der Waals surface area contributed by atoms with Crippen LogP contribution in [0.2, 0.25) is 0 Å². The van der Waals surface area contributed by atoms with E-state index in [1.165, 1.54) is 0 Å². The van der Waals surface area contributed by atoms with Gasteiger partial charge in [0, 0.05) is 32.2 Å². The average Bonchev–Trinajstić information content (AvgIpc) is 2.86. The van der Waals surface area contributed by atoms with Gasteiger partial charge in [-0.3, -0.25) is 0 Å². The van der Waals surface area contributed by atoms with Gasteiger partial charge in [-0.05, 0) is 32.7 Å². The van der Waals surface area contributed by atoms with Crippen LogP contribution in [0.5, 0.6) is 0 Å². The fourth-order valence-corrected chi connectivity index (χ4v) is 2.20. The van der Waals surface area contributed by atoms with E-state index in [0.717, 1.165) is 37.7 Å². The Morgan fingerprint density at radius 3 is 2.89 bits per heavy atom. The van der Waals surface area contributed by atoms with Crippen molar-refractivity contribution in [3.8, 4) is 0 Å². The molecule has 1 atom stereocenters. The standard InChI is InChI=1S/C13H23N5/c1-10(2)17(3)12-6-13(16-9-15-12)18-5-4-11(7-14)8-18/h6,9-11H,4-5,7-8,14H2,1-3H3. The van der Waals surface area contributed by atoms with Gasteiger partial charge in [-0.1, -0.05) is 0 Å². The zero-order valence-corrected chi connectivity index (χ0v) is 11.5. The summed E-state index contributed by atoms with van der Waals surface area (Å²) in [7, 11) is 2.06. The Labute approximate surface area is 109 Å². The van der Waals surface area contributed by atoms with Crippen molar-refractivity contribution in [3.05, 3.63) is 12.4 Å². The van der Waals surface area contributed by atoms with Crippen molar-refractivity contribution >= 4 is 11.6 Å². The molecule has 2 N–H and O–H groups in total. The van der Waals surface area contributed by atoms with Crippen LogP contribution in [0.3, 0.4) is 0 Å². The highest BCUT2D eigenvalue weighted by atomic mass is 15.2. The fourth-order valence-electron chi connectivity index (χ4n) is 2.20. The van der Waals surface area contributed by atoms with Crippen LogP contribution < -0.4 is 15.5 Å². The Bertz CT molecular complexity index is 393. The quantitative estimate of drug-likeness (QED) is 0.866. The van der Waals surface area contributed by atoms with E-state index in [2.05, 4.69) is 46.7 Å². The Morgan fingerprint density at radius 1 is 1.50 bits per heavy atom.